The highest BCUT2D eigenvalue weighted by molar-refractivity contribution is 7.91. The molecule has 1 amide bonds. The molecule has 1 fully saturated rings. The van der Waals surface area contributed by atoms with E-state index in [9.17, 15) is 13.2 Å². The second kappa shape index (κ2) is 9.19. The van der Waals surface area contributed by atoms with Crippen molar-refractivity contribution in [3.05, 3.63) is 63.9 Å². The lowest BCUT2D eigenvalue weighted by Gasteiger charge is -2.31. The minimum atomic E-state index is -3.63. The molecule has 1 aromatic carbocycles. The highest BCUT2D eigenvalue weighted by Gasteiger charge is 2.31. The Morgan fingerprint density at radius 1 is 1.17 bits per heavy atom. The van der Waals surface area contributed by atoms with E-state index in [4.69, 9.17) is 23.1 Å². The number of hydrogen-bond acceptors (Lipinski definition) is 8. The number of fused-ring (bicyclic) bond motifs is 1. The van der Waals surface area contributed by atoms with Crippen LogP contribution < -0.4 is 11.5 Å². The Balaban J connectivity index is 1.29. The largest absolute Gasteiger partial charge is 0.368 e. The van der Waals surface area contributed by atoms with Crippen molar-refractivity contribution in [3.8, 4) is 0 Å². The van der Waals surface area contributed by atoms with Crippen molar-refractivity contribution in [1.82, 2.24) is 23.8 Å². The van der Waals surface area contributed by atoms with Gasteiger partial charge in [0.15, 0.2) is 5.65 Å². The van der Waals surface area contributed by atoms with Gasteiger partial charge in [0, 0.05) is 41.0 Å². The Labute approximate surface area is 210 Å². The number of primary amides is 1. The molecule has 182 valence electrons. The minimum absolute atomic E-state index is 0.0688. The number of benzene rings is 1. The summed E-state index contributed by atoms with van der Waals surface area (Å²) in [5.74, 6) is -0.365. The van der Waals surface area contributed by atoms with E-state index < -0.39 is 15.9 Å². The molecule has 1 saturated heterocycles. The van der Waals surface area contributed by atoms with Crippen molar-refractivity contribution < 1.29 is 13.2 Å². The number of aromatic nitrogens is 4. The molecular weight excluding hydrogens is 510 g/mol. The van der Waals surface area contributed by atoms with Crippen molar-refractivity contribution in [1.29, 1.82) is 0 Å². The fraction of sp³-hybridized carbons (Fsp3) is 0.273. The van der Waals surface area contributed by atoms with Crippen molar-refractivity contribution in [2.75, 3.05) is 18.8 Å². The third kappa shape index (κ3) is 4.61. The molecule has 0 radical (unpaired) electrons. The van der Waals surface area contributed by atoms with Crippen LogP contribution in [-0.4, -0.2) is 51.2 Å². The summed E-state index contributed by atoms with van der Waals surface area (Å²) in [6.07, 6.45) is 4.95. The van der Waals surface area contributed by atoms with Crippen molar-refractivity contribution in [2.45, 2.75) is 29.5 Å². The average Bonchev–Trinajstić information content (AvgIpc) is 3.48. The molecule has 0 spiro atoms. The summed E-state index contributed by atoms with van der Waals surface area (Å²) < 4.78 is 30.4. The van der Waals surface area contributed by atoms with Gasteiger partial charge in [0.25, 0.3) is 10.0 Å². The van der Waals surface area contributed by atoms with Gasteiger partial charge in [0.2, 0.25) is 11.9 Å². The number of nitrogens with two attached hydrogens (primary N) is 2. The van der Waals surface area contributed by atoms with Crippen molar-refractivity contribution >= 4 is 56.0 Å². The van der Waals surface area contributed by atoms with Gasteiger partial charge in [-0.1, -0.05) is 11.6 Å². The van der Waals surface area contributed by atoms with Crippen LogP contribution in [0.2, 0.25) is 5.02 Å². The minimum Gasteiger partial charge on any atom is -0.368 e. The van der Waals surface area contributed by atoms with Gasteiger partial charge < -0.3 is 16.0 Å². The van der Waals surface area contributed by atoms with Crippen LogP contribution in [0.4, 0.5) is 5.95 Å². The van der Waals surface area contributed by atoms with Crippen LogP contribution in [-0.2, 0) is 16.4 Å². The Hall–Kier alpha value is -3.06. The Kier molecular flexibility index (Phi) is 6.21. The van der Waals surface area contributed by atoms with Crippen molar-refractivity contribution in [2.24, 2.45) is 5.73 Å². The van der Waals surface area contributed by atoms with E-state index in [2.05, 4.69) is 15.0 Å². The predicted molar refractivity (Wildman–Crippen MR) is 134 cm³/mol. The number of hydrogen-bond donors (Lipinski definition) is 2. The second-order valence-electron chi connectivity index (χ2n) is 8.29. The first-order valence-corrected chi connectivity index (χ1v) is 13.5. The van der Waals surface area contributed by atoms with E-state index in [0.29, 0.717) is 59.7 Å². The molecule has 5 rings (SSSR count). The zero-order valence-electron chi connectivity index (χ0n) is 18.5. The van der Waals surface area contributed by atoms with Crippen LogP contribution in [0.1, 0.15) is 39.7 Å². The lowest BCUT2D eigenvalue weighted by molar-refractivity contribution is 0.1000. The number of thiophene rings is 1. The molecule has 4 heterocycles. The number of imidazole rings is 1. The monoisotopic (exact) mass is 531 g/mol. The molecule has 13 heteroatoms. The summed E-state index contributed by atoms with van der Waals surface area (Å²) in [5, 5.41) is 0.494. The molecule has 0 bridgehead atoms. The van der Waals surface area contributed by atoms with Crippen LogP contribution in [0.25, 0.3) is 11.2 Å². The number of halogens is 1. The Morgan fingerprint density at radius 2 is 1.94 bits per heavy atom. The summed E-state index contributed by atoms with van der Waals surface area (Å²) in [6.45, 7) is 0.764. The second-order valence-corrected chi connectivity index (χ2v) is 12.0. The maximum Gasteiger partial charge on any atom is 0.252 e. The summed E-state index contributed by atoms with van der Waals surface area (Å²) in [7, 11) is -3.63. The Bertz CT molecular complexity index is 1530. The third-order valence-corrected chi connectivity index (χ3v) is 9.90. The third-order valence-electron chi connectivity index (χ3n) is 6.08. The van der Waals surface area contributed by atoms with Gasteiger partial charge in [-0.05, 0) is 48.7 Å². The van der Waals surface area contributed by atoms with E-state index in [1.807, 2.05) is 4.57 Å². The number of sulfonamides is 1. The van der Waals surface area contributed by atoms with E-state index >= 15 is 0 Å². The summed E-state index contributed by atoms with van der Waals surface area (Å²) >= 11 is 7.48. The van der Waals surface area contributed by atoms with Crippen LogP contribution in [0.15, 0.2) is 47.1 Å². The van der Waals surface area contributed by atoms with Gasteiger partial charge in [0.1, 0.15) is 9.73 Å². The van der Waals surface area contributed by atoms with Crippen LogP contribution in [0.3, 0.4) is 0 Å². The first kappa shape index (κ1) is 23.7. The normalized spacial score (nSPS) is 15.6. The number of rotatable bonds is 6. The van der Waals surface area contributed by atoms with Crippen molar-refractivity contribution in [3.63, 3.8) is 0 Å². The van der Waals surface area contributed by atoms with Gasteiger partial charge >= 0.3 is 0 Å². The molecule has 0 aliphatic carbocycles. The Morgan fingerprint density at radius 3 is 2.69 bits per heavy atom. The van der Waals surface area contributed by atoms with E-state index in [-0.39, 0.29) is 16.2 Å². The molecule has 0 unspecified atom stereocenters. The molecule has 4 aromatic rings. The molecule has 3 aromatic heterocycles. The number of carbonyl (C=O) groups is 1. The molecule has 4 N–H and O–H groups in total. The van der Waals surface area contributed by atoms with E-state index in [1.54, 1.807) is 42.9 Å². The lowest BCUT2D eigenvalue weighted by Crippen LogP contribution is -2.38. The van der Waals surface area contributed by atoms with Crippen LogP contribution >= 0.6 is 22.9 Å². The van der Waals surface area contributed by atoms with Crippen LogP contribution in [0.5, 0.6) is 0 Å². The van der Waals surface area contributed by atoms with Crippen LogP contribution in [0, 0.1) is 0 Å². The average molecular weight is 532 g/mol. The molecule has 35 heavy (non-hydrogen) atoms. The number of nitrogens with zero attached hydrogens (tertiary/aromatic N) is 5. The molecule has 0 atom stereocenters. The van der Waals surface area contributed by atoms with E-state index in [1.165, 1.54) is 15.6 Å². The topological polar surface area (TPSA) is 150 Å². The summed E-state index contributed by atoms with van der Waals surface area (Å²) in [4.78, 5) is 24.9. The molecule has 0 saturated carbocycles. The quantitative estimate of drug-likeness (QED) is 0.388. The van der Waals surface area contributed by atoms with Gasteiger partial charge in [-0.2, -0.15) is 9.29 Å². The summed E-state index contributed by atoms with van der Waals surface area (Å²) in [6, 6.07) is 8.30. The highest BCUT2D eigenvalue weighted by atomic mass is 35.5. The van der Waals surface area contributed by atoms with Gasteiger partial charge in [0.05, 0.1) is 12.5 Å². The zero-order chi connectivity index (χ0) is 24.7. The summed E-state index contributed by atoms with van der Waals surface area (Å²) in [5.41, 5.74) is 13.5. The first-order valence-electron chi connectivity index (χ1n) is 10.8. The predicted octanol–water partition coefficient (Wildman–Crippen LogP) is 2.84. The maximum absolute atomic E-state index is 13.3. The number of anilines is 1. The SMILES string of the molecule is NC(=O)c1ccc(Cl)c(Cc2ccc(S(=O)(=O)N3CCC(n4cnc5cnc(N)nc54)CC3)s2)c1. The lowest BCUT2D eigenvalue weighted by atomic mass is 10.1. The molecule has 1 aliphatic rings. The number of nitrogen functional groups attached to an aromatic ring is 1. The fourth-order valence-corrected chi connectivity index (χ4v) is 7.43. The standard InChI is InChI=1S/C22H22ClN7O3S2/c23-17-3-1-13(20(24)31)9-14(17)10-16-2-4-19(34-16)35(32,33)29-7-5-15(6-8-29)30-12-27-18-11-26-22(25)28-21(18)30/h1-4,9,11-12,15H,5-8,10H2,(H2,24,31)(H2,25,26,28). The number of piperidine rings is 1. The highest BCUT2D eigenvalue weighted by Crippen LogP contribution is 2.32. The molecular formula is C22H22ClN7O3S2. The number of amides is 1. The first-order chi connectivity index (χ1) is 16.7. The molecule has 10 nitrogen and oxygen atoms in total. The van der Waals surface area contributed by atoms with Gasteiger partial charge in [-0.25, -0.2) is 18.4 Å². The number of carbonyl (C=O) groups excluding carboxylic acids is 1. The maximum atomic E-state index is 13.3. The molecule has 1 aliphatic heterocycles. The fourth-order valence-electron chi connectivity index (χ4n) is 4.24. The smallest absolute Gasteiger partial charge is 0.252 e. The van der Waals surface area contributed by atoms with Gasteiger partial charge in [-0.15, -0.1) is 11.3 Å². The van der Waals surface area contributed by atoms with E-state index in [0.717, 1.165) is 4.88 Å². The van der Waals surface area contributed by atoms with Gasteiger partial charge in [-0.3, -0.25) is 4.79 Å². The zero-order valence-corrected chi connectivity index (χ0v) is 20.9.